The number of H-pyrrole nitrogens is 1. The Balaban J connectivity index is 1.82. The lowest BCUT2D eigenvalue weighted by Gasteiger charge is -2.05. The van der Waals surface area contributed by atoms with Crippen LogP contribution >= 0.6 is 11.6 Å². The zero-order valence-electron chi connectivity index (χ0n) is 11.5. The molecule has 0 aliphatic heterocycles. The molecule has 6 heteroatoms. The van der Waals surface area contributed by atoms with Gasteiger partial charge in [-0.15, -0.1) is 0 Å². The summed E-state index contributed by atoms with van der Waals surface area (Å²) in [5.41, 5.74) is 2.36. The zero-order chi connectivity index (χ0) is 15.1. The van der Waals surface area contributed by atoms with Crippen LogP contribution in [-0.4, -0.2) is 19.5 Å². The Hall–Kier alpha value is -2.66. The molecule has 2 heterocycles. The van der Waals surface area contributed by atoms with Crippen LogP contribution in [0.4, 0.5) is 0 Å². The van der Waals surface area contributed by atoms with Gasteiger partial charge in [-0.2, -0.15) is 0 Å². The summed E-state index contributed by atoms with van der Waals surface area (Å²) in [7, 11) is 0. The second-order valence-corrected chi connectivity index (χ2v) is 5.47. The molecule has 0 amide bonds. The molecule has 0 unspecified atom stereocenters. The van der Waals surface area contributed by atoms with Crippen molar-refractivity contribution in [2.24, 2.45) is 0 Å². The molecule has 5 nitrogen and oxygen atoms in total. The van der Waals surface area contributed by atoms with Gasteiger partial charge >= 0.3 is 0 Å². The van der Waals surface area contributed by atoms with Crippen molar-refractivity contribution in [3.63, 3.8) is 0 Å². The van der Waals surface area contributed by atoms with Crippen LogP contribution in [0.1, 0.15) is 5.82 Å². The molecule has 4 aromatic rings. The molecule has 1 N–H and O–H groups in total. The largest absolute Gasteiger partial charge is 0.323 e. The molecule has 0 fully saturated rings. The molecule has 0 saturated heterocycles. The highest BCUT2D eigenvalue weighted by Gasteiger charge is 2.07. The van der Waals surface area contributed by atoms with Gasteiger partial charge in [0.25, 0.3) is 5.56 Å². The van der Waals surface area contributed by atoms with Crippen LogP contribution in [0.3, 0.4) is 0 Å². The quantitative estimate of drug-likeness (QED) is 0.619. The van der Waals surface area contributed by atoms with Gasteiger partial charge in [0.1, 0.15) is 5.82 Å². The van der Waals surface area contributed by atoms with Crippen molar-refractivity contribution in [1.29, 1.82) is 0 Å². The molecule has 2 aromatic heterocycles. The smallest absolute Gasteiger partial charge is 0.258 e. The summed E-state index contributed by atoms with van der Waals surface area (Å²) in [5, 5.41) is 1.01. The van der Waals surface area contributed by atoms with E-state index < -0.39 is 0 Å². The van der Waals surface area contributed by atoms with Crippen molar-refractivity contribution >= 4 is 33.5 Å². The monoisotopic (exact) mass is 310 g/mol. The van der Waals surface area contributed by atoms with Crippen molar-refractivity contribution < 1.29 is 0 Å². The van der Waals surface area contributed by atoms with Crippen LogP contribution in [0.25, 0.3) is 21.9 Å². The van der Waals surface area contributed by atoms with Gasteiger partial charge < -0.3 is 9.55 Å². The molecular weight excluding hydrogens is 300 g/mol. The maximum Gasteiger partial charge on any atom is 0.258 e. The third kappa shape index (κ3) is 2.16. The molecule has 2 aromatic carbocycles. The van der Waals surface area contributed by atoms with Gasteiger partial charge in [0.15, 0.2) is 0 Å². The maximum absolute atomic E-state index is 12.2. The first-order valence-corrected chi connectivity index (χ1v) is 7.17. The van der Waals surface area contributed by atoms with Gasteiger partial charge in [-0.1, -0.05) is 23.7 Å². The third-order valence-electron chi connectivity index (χ3n) is 3.56. The standard InChI is InChI=1S/C16H11ClN4O/c17-10-5-6-12-11(7-10)16(22)20-15(19-12)8-21-9-18-13-3-1-2-4-14(13)21/h1-7,9H,8H2,(H,19,20,22). The molecular formula is C16H11ClN4O. The highest BCUT2D eigenvalue weighted by atomic mass is 35.5. The first kappa shape index (κ1) is 13.0. The van der Waals surface area contributed by atoms with Gasteiger partial charge in [-0.05, 0) is 30.3 Å². The lowest BCUT2D eigenvalue weighted by molar-refractivity contribution is 0.765. The molecule has 0 aliphatic rings. The fourth-order valence-corrected chi connectivity index (χ4v) is 2.70. The van der Waals surface area contributed by atoms with E-state index in [1.165, 1.54) is 0 Å². The van der Waals surface area contributed by atoms with Crippen molar-refractivity contribution in [2.75, 3.05) is 0 Å². The summed E-state index contributed by atoms with van der Waals surface area (Å²) < 4.78 is 1.95. The summed E-state index contributed by atoms with van der Waals surface area (Å²) in [5.74, 6) is 0.586. The number of imidazole rings is 1. The molecule has 0 atom stereocenters. The van der Waals surface area contributed by atoms with Crippen LogP contribution in [0.15, 0.2) is 53.6 Å². The van der Waals surface area contributed by atoms with Crippen molar-refractivity contribution in [3.05, 3.63) is 70.0 Å². The van der Waals surface area contributed by atoms with Gasteiger partial charge in [-0.25, -0.2) is 9.97 Å². The minimum atomic E-state index is -0.188. The number of rotatable bonds is 2. The fourth-order valence-electron chi connectivity index (χ4n) is 2.53. The van der Waals surface area contributed by atoms with E-state index in [1.807, 2.05) is 28.8 Å². The highest BCUT2D eigenvalue weighted by molar-refractivity contribution is 6.31. The van der Waals surface area contributed by atoms with E-state index in [0.29, 0.717) is 28.3 Å². The number of nitrogens with one attached hydrogen (secondary N) is 1. The predicted molar refractivity (Wildman–Crippen MR) is 86.2 cm³/mol. The minimum absolute atomic E-state index is 0.188. The third-order valence-corrected chi connectivity index (χ3v) is 3.80. The Bertz CT molecular complexity index is 1050. The lowest BCUT2D eigenvalue weighted by atomic mass is 10.2. The lowest BCUT2D eigenvalue weighted by Crippen LogP contribution is -2.14. The zero-order valence-corrected chi connectivity index (χ0v) is 12.2. The molecule has 0 aliphatic carbocycles. The van der Waals surface area contributed by atoms with E-state index in [4.69, 9.17) is 11.6 Å². The van der Waals surface area contributed by atoms with Crippen LogP contribution < -0.4 is 5.56 Å². The number of aromatic nitrogens is 4. The van der Waals surface area contributed by atoms with Crippen LogP contribution in [0.5, 0.6) is 0 Å². The summed E-state index contributed by atoms with van der Waals surface area (Å²) in [6, 6.07) is 12.9. The Morgan fingerprint density at radius 1 is 1.14 bits per heavy atom. The summed E-state index contributed by atoms with van der Waals surface area (Å²) in [6.45, 7) is 0.453. The van der Waals surface area contributed by atoms with Gasteiger partial charge in [0, 0.05) is 5.02 Å². The number of hydrogen-bond acceptors (Lipinski definition) is 3. The molecule has 0 spiro atoms. The molecule has 4 rings (SSSR count). The van der Waals surface area contributed by atoms with Gasteiger partial charge in [-0.3, -0.25) is 4.79 Å². The SMILES string of the molecule is O=c1[nH]c(Cn2cnc3ccccc32)nc2ccc(Cl)cc12. The Kier molecular flexibility index (Phi) is 2.94. The fraction of sp³-hybridized carbons (Fsp3) is 0.0625. The average Bonchev–Trinajstić information content (AvgIpc) is 2.92. The number of halogens is 1. The summed E-state index contributed by atoms with van der Waals surface area (Å²) in [4.78, 5) is 23.8. The topological polar surface area (TPSA) is 63.6 Å². The molecule has 0 bridgehead atoms. The number of fused-ring (bicyclic) bond motifs is 2. The van der Waals surface area contributed by atoms with Crippen LogP contribution in [0, 0.1) is 0 Å². The average molecular weight is 311 g/mol. The first-order valence-electron chi connectivity index (χ1n) is 6.79. The van der Waals surface area contributed by atoms with E-state index in [-0.39, 0.29) is 5.56 Å². The number of aromatic amines is 1. The number of nitrogens with zero attached hydrogens (tertiary/aromatic N) is 3. The Morgan fingerprint density at radius 2 is 2.00 bits per heavy atom. The molecule has 0 saturated carbocycles. The first-order chi connectivity index (χ1) is 10.7. The second-order valence-electron chi connectivity index (χ2n) is 5.04. The normalized spacial score (nSPS) is 11.3. The van der Waals surface area contributed by atoms with Crippen LogP contribution in [-0.2, 0) is 6.54 Å². The van der Waals surface area contributed by atoms with Gasteiger partial charge in [0.2, 0.25) is 0 Å². The van der Waals surface area contributed by atoms with Gasteiger partial charge in [0.05, 0.1) is 34.8 Å². The summed E-state index contributed by atoms with van der Waals surface area (Å²) in [6.07, 6.45) is 1.75. The van der Waals surface area contributed by atoms with Crippen molar-refractivity contribution in [2.45, 2.75) is 6.54 Å². The minimum Gasteiger partial charge on any atom is -0.323 e. The summed E-state index contributed by atoms with van der Waals surface area (Å²) >= 11 is 5.92. The van der Waals surface area contributed by atoms with E-state index in [0.717, 1.165) is 11.0 Å². The van der Waals surface area contributed by atoms with E-state index in [9.17, 15) is 4.79 Å². The number of hydrogen-bond donors (Lipinski definition) is 1. The Labute approximate surface area is 130 Å². The molecule has 22 heavy (non-hydrogen) atoms. The molecule has 108 valence electrons. The van der Waals surface area contributed by atoms with Crippen molar-refractivity contribution in [1.82, 2.24) is 19.5 Å². The Morgan fingerprint density at radius 3 is 2.91 bits per heavy atom. The maximum atomic E-state index is 12.2. The predicted octanol–water partition coefficient (Wildman–Crippen LogP) is 2.97. The number of para-hydroxylation sites is 2. The van der Waals surface area contributed by atoms with E-state index >= 15 is 0 Å². The highest BCUT2D eigenvalue weighted by Crippen LogP contribution is 2.16. The van der Waals surface area contributed by atoms with E-state index in [1.54, 1.807) is 24.5 Å². The number of benzene rings is 2. The van der Waals surface area contributed by atoms with Crippen molar-refractivity contribution in [3.8, 4) is 0 Å². The van der Waals surface area contributed by atoms with Crippen LogP contribution in [0.2, 0.25) is 5.02 Å². The molecule has 0 radical (unpaired) electrons. The van der Waals surface area contributed by atoms with E-state index in [2.05, 4.69) is 15.0 Å². The second kappa shape index (κ2) is 4.96.